The molecule has 7 nitrogen and oxygen atoms in total. The third kappa shape index (κ3) is 3.24. The van der Waals surface area contributed by atoms with Crippen LogP contribution in [0.4, 0.5) is 0 Å². The molecule has 4 fully saturated rings. The molecule has 3 saturated carbocycles. The second kappa shape index (κ2) is 7.81. The Morgan fingerprint density at radius 1 is 1.23 bits per heavy atom. The predicted octanol–water partition coefficient (Wildman–Crippen LogP) is 3.38. The lowest BCUT2D eigenvalue weighted by atomic mass is 9.73. The zero-order valence-electron chi connectivity index (χ0n) is 18.5. The number of carbonyl (C=O) groups is 3. The van der Waals surface area contributed by atoms with Crippen LogP contribution < -0.4 is 0 Å². The number of fused-ring (bicyclic) bond motifs is 1. The molecule has 0 radical (unpaired) electrons. The Kier molecular flexibility index (Phi) is 5.62. The van der Waals surface area contributed by atoms with Crippen molar-refractivity contribution in [2.24, 2.45) is 28.6 Å². The van der Waals surface area contributed by atoms with Crippen molar-refractivity contribution in [1.29, 1.82) is 0 Å². The van der Waals surface area contributed by atoms with Crippen LogP contribution in [-0.2, 0) is 33.3 Å². The van der Waals surface area contributed by atoms with Crippen molar-refractivity contribution in [3.63, 3.8) is 0 Å². The molecule has 1 aliphatic heterocycles. The first-order chi connectivity index (χ1) is 14.2. The van der Waals surface area contributed by atoms with Crippen LogP contribution in [0.2, 0.25) is 0 Å². The topological polar surface area (TPSA) is 88.1 Å². The molecule has 0 N–H and O–H groups in total. The Bertz CT molecular complexity index is 710. The fourth-order valence-corrected chi connectivity index (χ4v) is 5.81. The van der Waals surface area contributed by atoms with Gasteiger partial charge >= 0.3 is 17.9 Å². The van der Waals surface area contributed by atoms with Gasteiger partial charge in [-0.3, -0.25) is 14.4 Å². The summed E-state index contributed by atoms with van der Waals surface area (Å²) in [6.45, 7) is 5.64. The van der Waals surface area contributed by atoms with Gasteiger partial charge in [0.2, 0.25) is 6.29 Å². The van der Waals surface area contributed by atoms with Crippen molar-refractivity contribution >= 4 is 17.9 Å². The Labute approximate surface area is 178 Å². The quantitative estimate of drug-likeness (QED) is 0.269. The van der Waals surface area contributed by atoms with Gasteiger partial charge in [-0.05, 0) is 46.0 Å². The number of hydrogen-bond acceptors (Lipinski definition) is 7. The van der Waals surface area contributed by atoms with E-state index in [9.17, 15) is 14.4 Å². The Morgan fingerprint density at radius 3 is 2.57 bits per heavy atom. The van der Waals surface area contributed by atoms with Crippen LogP contribution in [0.15, 0.2) is 0 Å². The number of ether oxygens (including phenoxy) is 4. The summed E-state index contributed by atoms with van der Waals surface area (Å²) in [5, 5.41) is 0. The van der Waals surface area contributed by atoms with E-state index in [0.29, 0.717) is 19.3 Å². The summed E-state index contributed by atoms with van der Waals surface area (Å²) in [7, 11) is 1.55. The molecule has 30 heavy (non-hydrogen) atoms. The molecule has 3 aliphatic carbocycles. The second-order valence-electron chi connectivity index (χ2n) is 10.2. The highest BCUT2D eigenvalue weighted by atomic mass is 16.7. The summed E-state index contributed by atoms with van der Waals surface area (Å²) in [6.07, 6.45) is 5.27. The van der Waals surface area contributed by atoms with Crippen molar-refractivity contribution in [1.82, 2.24) is 0 Å². The third-order valence-corrected chi connectivity index (χ3v) is 8.10. The fraction of sp³-hybridized carbons (Fsp3) is 0.870. The summed E-state index contributed by atoms with van der Waals surface area (Å²) in [5.74, 6) is -1.54. The molecule has 6 unspecified atom stereocenters. The molecule has 0 aromatic heterocycles. The fourth-order valence-electron chi connectivity index (χ4n) is 5.81. The smallest absolute Gasteiger partial charge is 0.326 e. The first-order valence-corrected chi connectivity index (χ1v) is 11.4. The molecule has 1 saturated heterocycles. The molecular weight excluding hydrogens is 388 g/mol. The lowest BCUT2D eigenvalue weighted by Crippen LogP contribution is -2.48. The lowest BCUT2D eigenvalue weighted by molar-refractivity contribution is -0.200. The SMILES string of the molecule is CCC(C)(C)C(=O)OC1C2CC3C1OC(=O)C3(C(=O)OC(OC)C1CCCCC1)C2. The van der Waals surface area contributed by atoms with E-state index in [0.717, 1.165) is 25.7 Å². The normalized spacial score (nSPS) is 36.5. The molecule has 1 heterocycles. The molecule has 0 amide bonds. The highest BCUT2D eigenvalue weighted by Gasteiger charge is 2.75. The molecule has 7 heteroatoms. The molecular formula is C23H34O7. The van der Waals surface area contributed by atoms with Crippen molar-refractivity contribution in [3.05, 3.63) is 0 Å². The molecule has 6 atom stereocenters. The largest absolute Gasteiger partial charge is 0.458 e. The average molecular weight is 423 g/mol. The Morgan fingerprint density at radius 2 is 1.93 bits per heavy atom. The van der Waals surface area contributed by atoms with Crippen molar-refractivity contribution < 1.29 is 33.3 Å². The van der Waals surface area contributed by atoms with E-state index in [1.807, 2.05) is 20.8 Å². The van der Waals surface area contributed by atoms with Crippen molar-refractivity contribution in [3.8, 4) is 0 Å². The van der Waals surface area contributed by atoms with Gasteiger partial charge in [0.1, 0.15) is 12.2 Å². The van der Waals surface area contributed by atoms with E-state index < -0.39 is 41.3 Å². The third-order valence-electron chi connectivity index (χ3n) is 8.10. The van der Waals surface area contributed by atoms with Gasteiger partial charge in [0.15, 0.2) is 5.41 Å². The minimum Gasteiger partial charge on any atom is -0.458 e. The average Bonchev–Trinajstić information content (AvgIpc) is 3.35. The molecule has 168 valence electrons. The molecule has 0 spiro atoms. The first kappa shape index (κ1) is 21.6. The van der Waals surface area contributed by atoms with Gasteiger partial charge in [-0.1, -0.05) is 26.2 Å². The van der Waals surface area contributed by atoms with Crippen LogP contribution in [0.25, 0.3) is 0 Å². The lowest BCUT2D eigenvalue weighted by Gasteiger charge is -2.34. The zero-order chi connectivity index (χ0) is 21.7. The highest BCUT2D eigenvalue weighted by Crippen LogP contribution is 2.63. The van der Waals surface area contributed by atoms with E-state index in [1.54, 1.807) is 7.11 Å². The number of carbonyl (C=O) groups excluding carboxylic acids is 3. The minimum atomic E-state index is -1.27. The van der Waals surface area contributed by atoms with Gasteiger partial charge in [0.25, 0.3) is 0 Å². The van der Waals surface area contributed by atoms with E-state index in [4.69, 9.17) is 18.9 Å². The van der Waals surface area contributed by atoms with Crippen molar-refractivity contribution in [2.75, 3.05) is 7.11 Å². The maximum Gasteiger partial charge on any atom is 0.326 e. The monoisotopic (exact) mass is 422 g/mol. The van der Waals surface area contributed by atoms with Gasteiger partial charge in [-0.2, -0.15) is 0 Å². The maximum absolute atomic E-state index is 13.3. The number of methoxy groups -OCH3 is 1. The van der Waals surface area contributed by atoms with Gasteiger partial charge in [-0.15, -0.1) is 0 Å². The molecule has 4 aliphatic rings. The van der Waals surface area contributed by atoms with Crippen LogP contribution in [0, 0.1) is 28.6 Å². The van der Waals surface area contributed by atoms with E-state index >= 15 is 0 Å². The van der Waals surface area contributed by atoms with Crippen LogP contribution >= 0.6 is 0 Å². The second-order valence-corrected chi connectivity index (χ2v) is 10.2. The highest BCUT2D eigenvalue weighted by molar-refractivity contribution is 6.03. The van der Waals surface area contributed by atoms with E-state index in [1.165, 1.54) is 6.42 Å². The summed E-state index contributed by atoms with van der Waals surface area (Å²) in [4.78, 5) is 38.7. The number of hydrogen-bond donors (Lipinski definition) is 0. The maximum atomic E-state index is 13.3. The van der Waals surface area contributed by atoms with Gasteiger partial charge in [0, 0.05) is 24.9 Å². The first-order valence-electron chi connectivity index (χ1n) is 11.4. The summed E-state index contributed by atoms with van der Waals surface area (Å²) in [6, 6.07) is 0. The summed E-state index contributed by atoms with van der Waals surface area (Å²) < 4.78 is 22.7. The van der Waals surface area contributed by atoms with Crippen molar-refractivity contribution in [2.45, 2.75) is 90.6 Å². The summed E-state index contributed by atoms with van der Waals surface area (Å²) >= 11 is 0. The van der Waals surface area contributed by atoms with Gasteiger partial charge < -0.3 is 18.9 Å². The van der Waals surface area contributed by atoms with E-state index in [2.05, 4.69) is 0 Å². The zero-order valence-corrected chi connectivity index (χ0v) is 18.5. The van der Waals surface area contributed by atoms with E-state index in [-0.39, 0.29) is 23.7 Å². The molecule has 0 aromatic carbocycles. The number of rotatable bonds is 7. The van der Waals surface area contributed by atoms with Gasteiger partial charge in [0.05, 0.1) is 5.41 Å². The molecule has 4 rings (SSSR count). The molecule has 2 bridgehead atoms. The number of esters is 3. The van der Waals surface area contributed by atoms with Crippen LogP contribution in [0.5, 0.6) is 0 Å². The predicted molar refractivity (Wildman–Crippen MR) is 106 cm³/mol. The van der Waals surface area contributed by atoms with Crippen LogP contribution in [0.1, 0.15) is 72.1 Å². The Balaban J connectivity index is 1.47. The van der Waals surface area contributed by atoms with Crippen LogP contribution in [0.3, 0.4) is 0 Å². The Hall–Kier alpha value is -1.63. The van der Waals surface area contributed by atoms with Crippen LogP contribution in [-0.4, -0.2) is 43.5 Å². The van der Waals surface area contributed by atoms with Gasteiger partial charge in [-0.25, -0.2) is 0 Å². The minimum absolute atomic E-state index is 0.0636. The summed E-state index contributed by atoms with van der Waals surface area (Å²) in [5.41, 5.74) is -1.86. The molecule has 0 aromatic rings. The standard InChI is InChI=1S/C23H34O7/c1-5-22(2,3)19(24)28-16-14-11-15-17(16)29-20(25)23(15,12-14)21(26)30-18(27-4)13-9-7-6-8-10-13/h13-18H,5-12H2,1-4H3.